The monoisotopic (exact) mass is 329 g/mol. The number of rotatable bonds is 5. The van der Waals surface area contributed by atoms with Crippen LogP contribution in [-0.4, -0.2) is 24.4 Å². The largest absolute Gasteiger partial charge is 0.342 e. The number of hydrogen-bond acceptors (Lipinski definition) is 1. The molecule has 1 rings (SSSR count). The molecule has 0 unspecified atom stereocenters. The molecule has 0 aliphatic heterocycles. The van der Waals surface area contributed by atoms with E-state index in [2.05, 4.69) is 29.2 Å². The molecule has 0 radical (unpaired) electrons. The molecule has 0 N–H and O–H groups in total. The van der Waals surface area contributed by atoms with E-state index in [1.54, 1.807) is 4.90 Å². The molecule has 0 saturated heterocycles. The van der Waals surface area contributed by atoms with E-state index in [-0.39, 0.29) is 5.91 Å². The molecule has 2 nitrogen and oxygen atoms in total. The smallest absolute Gasteiger partial charge is 0.253 e. The van der Waals surface area contributed by atoms with Crippen LogP contribution in [0.15, 0.2) is 36.9 Å². The summed E-state index contributed by atoms with van der Waals surface area (Å²) >= 11 is 2.23. The Hall–Kier alpha value is -0.840. The van der Waals surface area contributed by atoms with Crippen molar-refractivity contribution in [2.45, 2.75) is 12.8 Å². The second-order valence-electron chi connectivity index (χ2n) is 3.66. The van der Waals surface area contributed by atoms with E-state index in [1.165, 1.54) is 0 Å². The van der Waals surface area contributed by atoms with Gasteiger partial charge in [-0.1, -0.05) is 6.08 Å². The van der Waals surface area contributed by atoms with Crippen LogP contribution >= 0.6 is 22.6 Å². The van der Waals surface area contributed by atoms with Gasteiger partial charge in [-0.25, -0.2) is 0 Å². The first kappa shape index (κ1) is 13.2. The van der Waals surface area contributed by atoms with Gasteiger partial charge in [-0.15, -0.1) is 6.58 Å². The van der Waals surface area contributed by atoms with Gasteiger partial charge >= 0.3 is 0 Å². The third kappa shape index (κ3) is 3.96. The van der Waals surface area contributed by atoms with E-state index in [4.69, 9.17) is 0 Å². The summed E-state index contributed by atoms with van der Waals surface area (Å²) in [5.74, 6) is 0.0838. The molecule has 86 valence electrons. The van der Waals surface area contributed by atoms with Crippen LogP contribution in [0.25, 0.3) is 0 Å². The van der Waals surface area contributed by atoms with Gasteiger partial charge in [0, 0.05) is 22.7 Å². The third-order valence-electron chi connectivity index (χ3n) is 2.34. The molecular weight excluding hydrogens is 313 g/mol. The Morgan fingerprint density at radius 2 is 2.06 bits per heavy atom. The summed E-state index contributed by atoms with van der Waals surface area (Å²) in [6.07, 6.45) is 3.80. The fourth-order valence-corrected chi connectivity index (χ4v) is 1.75. The average Bonchev–Trinajstić information content (AvgIpc) is 2.29. The molecule has 0 atom stereocenters. The molecule has 3 heteroatoms. The fourth-order valence-electron chi connectivity index (χ4n) is 1.39. The lowest BCUT2D eigenvalue weighted by atomic mass is 10.2. The molecule has 0 heterocycles. The van der Waals surface area contributed by atoms with Gasteiger partial charge in [-0.3, -0.25) is 4.79 Å². The van der Waals surface area contributed by atoms with Gasteiger partial charge < -0.3 is 4.90 Å². The lowest BCUT2D eigenvalue weighted by molar-refractivity contribution is 0.0794. The number of carbonyl (C=O) groups excluding carboxylic acids is 1. The van der Waals surface area contributed by atoms with Crippen LogP contribution in [0.4, 0.5) is 0 Å². The Balaban J connectivity index is 2.56. The van der Waals surface area contributed by atoms with Crippen LogP contribution in [0.3, 0.4) is 0 Å². The third-order valence-corrected chi connectivity index (χ3v) is 3.06. The number of benzene rings is 1. The van der Waals surface area contributed by atoms with E-state index < -0.39 is 0 Å². The lowest BCUT2D eigenvalue weighted by Crippen LogP contribution is -2.27. The normalized spacial score (nSPS) is 9.88. The first-order chi connectivity index (χ1) is 7.65. The van der Waals surface area contributed by atoms with Gasteiger partial charge in [-0.05, 0) is 59.7 Å². The van der Waals surface area contributed by atoms with Crippen LogP contribution in [-0.2, 0) is 0 Å². The maximum absolute atomic E-state index is 11.9. The van der Waals surface area contributed by atoms with Crippen molar-refractivity contribution < 1.29 is 4.79 Å². The zero-order valence-corrected chi connectivity index (χ0v) is 11.6. The summed E-state index contributed by atoms with van der Waals surface area (Å²) in [5.41, 5.74) is 0.751. The SMILES string of the molecule is C=CCCCN(C)C(=O)c1ccc(I)cc1. The Kier molecular flexibility index (Phi) is 5.52. The summed E-state index contributed by atoms with van der Waals surface area (Å²) in [6.45, 7) is 4.44. The highest BCUT2D eigenvalue weighted by Gasteiger charge is 2.10. The molecule has 0 saturated carbocycles. The van der Waals surface area contributed by atoms with Crippen molar-refractivity contribution in [2.24, 2.45) is 0 Å². The van der Waals surface area contributed by atoms with Crippen molar-refractivity contribution in [2.75, 3.05) is 13.6 Å². The Morgan fingerprint density at radius 1 is 1.44 bits per heavy atom. The van der Waals surface area contributed by atoms with Crippen molar-refractivity contribution in [3.8, 4) is 0 Å². The quantitative estimate of drug-likeness (QED) is 0.461. The molecule has 0 fully saturated rings. The summed E-state index contributed by atoms with van der Waals surface area (Å²) in [7, 11) is 1.84. The van der Waals surface area contributed by atoms with E-state index in [9.17, 15) is 4.79 Å². The van der Waals surface area contributed by atoms with E-state index in [1.807, 2.05) is 37.4 Å². The van der Waals surface area contributed by atoms with E-state index >= 15 is 0 Å². The standard InChI is InChI=1S/C13H16INO/c1-3-4-5-10-15(2)13(16)11-6-8-12(14)9-7-11/h3,6-9H,1,4-5,10H2,2H3. The molecular formula is C13H16INO. The predicted molar refractivity (Wildman–Crippen MR) is 75.6 cm³/mol. The highest BCUT2D eigenvalue weighted by molar-refractivity contribution is 14.1. The van der Waals surface area contributed by atoms with Crippen molar-refractivity contribution in [3.05, 3.63) is 46.1 Å². The molecule has 1 amide bonds. The number of allylic oxidation sites excluding steroid dienone is 1. The number of amides is 1. The van der Waals surface area contributed by atoms with Crippen LogP contribution < -0.4 is 0 Å². The van der Waals surface area contributed by atoms with E-state index in [0.717, 1.165) is 28.5 Å². The summed E-state index contributed by atoms with van der Waals surface area (Å²) in [4.78, 5) is 13.7. The maximum Gasteiger partial charge on any atom is 0.253 e. The first-order valence-electron chi connectivity index (χ1n) is 5.27. The zero-order chi connectivity index (χ0) is 12.0. The summed E-state index contributed by atoms with van der Waals surface area (Å²) < 4.78 is 1.14. The van der Waals surface area contributed by atoms with Crippen molar-refractivity contribution in [1.82, 2.24) is 4.90 Å². The molecule has 0 spiro atoms. The van der Waals surface area contributed by atoms with Crippen LogP contribution in [0, 0.1) is 3.57 Å². The predicted octanol–water partition coefficient (Wildman–Crippen LogP) is 3.33. The minimum absolute atomic E-state index is 0.0838. The molecule has 16 heavy (non-hydrogen) atoms. The van der Waals surface area contributed by atoms with Gasteiger partial charge in [0.1, 0.15) is 0 Å². The summed E-state index contributed by atoms with van der Waals surface area (Å²) in [5, 5.41) is 0. The molecule has 0 aromatic heterocycles. The molecule has 1 aromatic rings. The Labute approximate surface area is 110 Å². The van der Waals surface area contributed by atoms with Gasteiger partial charge in [0.2, 0.25) is 0 Å². The minimum atomic E-state index is 0.0838. The second kappa shape index (κ2) is 6.68. The number of halogens is 1. The molecule has 0 bridgehead atoms. The van der Waals surface area contributed by atoms with Crippen molar-refractivity contribution in [1.29, 1.82) is 0 Å². The lowest BCUT2D eigenvalue weighted by Gasteiger charge is -2.16. The zero-order valence-electron chi connectivity index (χ0n) is 9.45. The molecule has 0 aliphatic rings. The number of hydrogen-bond donors (Lipinski definition) is 0. The molecule has 0 aliphatic carbocycles. The summed E-state index contributed by atoms with van der Waals surface area (Å²) in [6, 6.07) is 7.64. The van der Waals surface area contributed by atoms with Gasteiger partial charge in [0.05, 0.1) is 0 Å². The number of carbonyl (C=O) groups is 1. The average molecular weight is 329 g/mol. The second-order valence-corrected chi connectivity index (χ2v) is 4.91. The van der Waals surface area contributed by atoms with Gasteiger partial charge in [0.15, 0.2) is 0 Å². The van der Waals surface area contributed by atoms with E-state index in [0.29, 0.717) is 0 Å². The Morgan fingerprint density at radius 3 is 2.62 bits per heavy atom. The van der Waals surface area contributed by atoms with Crippen LogP contribution in [0.5, 0.6) is 0 Å². The van der Waals surface area contributed by atoms with Gasteiger partial charge in [0.25, 0.3) is 5.91 Å². The Bertz CT molecular complexity index is 359. The highest BCUT2D eigenvalue weighted by atomic mass is 127. The minimum Gasteiger partial charge on any atom is -0.342 e. The van der Waals surface area contributed by atoms with Gasteiger partial charge in [-0.2, -0.15) is 0 Å². The van der Waals surface area contributed by atoms with Crippen molar-refractivity contribution >= 4 is 28.5 Å². The maximum atomic E-state index is 11.9. The fraction of sp³-hybridized carbons (Fsp3) is 0.308. The number of nitrogens with zero attached hydrogens (tertiary/aromatic N) is 1. The van der Waals surface area contributed by atoms with Crippen LogP contribution in [0.1, 0.15) is 23.2 Å². The number of unbranched alkanes of at least 4 members (excludes halogenated alkanes) is 1. The first-order valence-corrected chi connectivity index (χ1v) is 6.35. The molecule has 1 aromatic carbocycles. The van der Waals surface area contributed by atoms with Crippen LogP contribution in [0.2, 0.25) is 0 Å². The highest BCUT2D eigenvalue weighted by Crippen LogP contribution is 2.09. The topological polar surface area (TPSA) is 20.3 Å². The van der Waals surface area contributed by atoms with Crippen molar-refractivity contribution in [3.63, 3.8) is 0 Å².